The van der Waals surface area contributed by atoms with Crippen molar-refractivity contribution in [1.82, 2.24) is 0 Å². The molecule has 0 amide bonds. The van der Waals surface area contributed by atoms with Crippen molar-refractivity contribution in [3.63, 3.8) is 0 Å². The quantitative estimate of drug-likeness (QED) is 0.535. The van der Waals surface area contributed by atoms with Crippen molar-refractivity contribution >= 4 is 22.9 Å². The summed E-state index contributed by atoms with van der Waals surface area (Å²) in [6, 6.07) is 19.7. The number of rotatable bonds is 2. The fourth-order valence-corrected chi connectivity index (χ4v) is 2.12. The van der Waals surface area contributed by atoms with Gasteiger partial charge in [0.2, 0.25) is 0 Å². The van der Waals surface area contributed by atoms with Crippen LogP contribution in [-0.4, -0.2) is 10.2 Å². The average Bonchev–Trinajstić information content (AvgIpc) is 2.48. The minimum atomic E-state index is 0.0148. The van der Waals surface area contributed by atoms with Gasteiger partial charge < -0.3 is 10.2 Å². The van der Waals surface area contributed by atoms with Crippen LogP contribution in [0.4, 0.5) is 0 Å². The van der Waals surface area contributed by atoms with Gasteiger partial charge in [-0.3, -0.25) is 0 Å². The average molecular weight is 261 g/mol. The molecule has 0 atom stereocenters. The van der Waals surface area contributed by atoms with Crippen molar-refractivity contribution in [2.24, 2.45) is 0 Å². The molecule has 0 aliphatic heterocycles. The van der Waals surface area contributed by atoms with Crippen molar-refractivity contribution in [2.75, 3.05) is 0 Å². The first-order valence-corrected chi connectivity index (χ1v) is 6.33. The lowest BCUT2D eigenvalue weighted by Gasteiger charge is -2.01. The van der Waals surface area contributed by atoms with Crippen molar-refractivity contribution in [1.29, 1.82) is 0 Å². The molecular weight excluding hydrogens is 248 g/mol. The van der Waals surface area contributed by atoms with Crippen molar-refractivity contribution in [3.8, 4) is 11.5 Å². The zero-order valence-corrected chi connectivity index (χ0v) is 10.7. The van der Waals surface area contributed by atoms with E-state index in [2.05, 4.69) is 30.3 Å². The minimum Gasteiger partial charge on any atom is -0.507 e. The van der Waals surface area contributed by atoms with Crippen LogP contribution in [0.15, 0.2) is 54.6 Å². The molecule has 3 rings (SSSR count). The summed E-state index contributed by atoms with van der Waals surface area (Å²) >= 11 is 0. The zero-order valence-electron chi connectivity index (χ0n) is 10.7. The molecule has 3 aromatic rings. The summed E-state index contributed by atoms with van der Waals surface area (Å²) in [5, 5.41) is 21.4. The van der Waals surface area contributed by atoms with E-state index >= 15 is 0 Å². The summed E-state index contributed by atoms with van der Waals surface area (Å²) < 4.78 is 0. The molecule has 0 saturated heterocycles. The van der Waals surface area contributed by atoms with Crippen LogP contribution >= 0.6 is 0 Å². The van der Waals surface area contributed by atoms with E-state index in [1.54, 1.807) is 6.08 Å². The molecule has 0 bridgehead atoms. The predicted molar refractivity (Wildman–Crippen MR) is 81.5 cm³/mol. The van der Waals surface area contributed by atoms with Gasteiger partial charge in [0, 0.05) is 11.6 Å². The molecule has 1 radical (unpaired) electrons. The maximum atomic E-state index is 9.69. The lowest BCUT2D eigenvalue weighted by molar-refractivity contribution is 0.458. The fraction of sp³-hybridized carbons (Fsp3) is 0. The van der Waals surface area contributed by atoms with E-state index in [0.717, 1.165) is 5.56 Å². The summed E-state index contributed by atoms with van der Waals surface area (Å²) in [6.45, 7) is 0. The normalized spacial score (nSPS) is 11.2. The van der Waals surface area contributed by atoms with E-state index in [4.69, 9.17) is 0 Å². The third-order valence-electron chi connectivity index (χ3n) is 3.17. The van der Waals surface area contributed by atoms with E-state index < -0.39 is 0 Å². The second-order valence-corrected chi connectivity index (χ2v) is 4.60. The van der Waals surface area contributed by atoms with E-state index in [0.29, 0.717) is 5.56 Å². The smallest absolute Gasteiger partial charge is 0.124 e. The molecule has 0 aliphatic carbocycles. The van der Waals surface area contributed by atoms with Gasteiger partial charge in [-0.2, -0.15) is 0 Å². The molecule has 0 aliphatic rings. The highest BCUT2D eigenvalue weighted by Crippen LogP contribution is 2.24. The largest absolute Gasteiger partial charge is 0.507 e. The Kier molecular flexibility index (Phi) is 3.13. The first-order valence-electron chi connectivity index (χ1n) is 6.33. The van der Waals surface area contributed by atoms with Gasteiger partial charge in [0.15, 0.2) is 0 Å². The molecule has 2 N–H and O–H groups in total. The Morgan fingerprint density at radius 1 is 0.850 bits per heavy atom. The van der Waals surface area contributed by atoms with Gasteiger partial charge in [0.05, 0.1) is 0 Å². The Bertz CT molecular complexity index is 788. The number of fused-ring (bicyclic) bond motifs is 1. The molecular formula is C18H13O2. The topological polar surface area (TPSA) is 40.5 Å². The number of benzene rings is 3. The van der Waals surface area contributed by atoms with Crippen LogP contribution in [0.1, 0.15) is 11.1 Å². The highest BCUT2D eigenvalue weighted by Gasteiger charge is 1.99. The lowest BCUT2D eigenvalue weighted by atomic mass is 10.1. The van der Waals surface area contributed by atoms with Crippen LogP contribution in [0.2, 0.25) is 0 Å². The Labute approximate surface area is 117 Å². The Hall–Kier alpha value is -2.74. The third-order valence-corrected chi connectivity index (χ3v) is 3.17. The van der Waals surface area contributed by atoms with Crippen LogP contribution in [0.5, 0.6) is 11.5 Å². The molecule has 2 heteroatoms. The summed E-state index contributed by atoms with van der Waals surface area (Å²) in [7, 11) is 0. The Morgan fingerprint density at radius 3 is 2.50 bits per heavy atom. The zero-order chi connectivity index (χ0) is 13.9. The number of phenols is 2. The van der Waals surface area contributed by atoms with Crippen molar-refractivity contribution in [3.05, 3.63) is 71.8 Å². The molecule has 0 heterocycles. The van der Waals surface area contributed by atoms with Gasteiger partial charge >= 0.3 is 0 Å². The number of aromatic hydroxyl groups is 2. The minimum absolute atomic E-state index is 0.0148. The summed E-state index contributed by atoms with van der Waals surface area (Å²) in [5.74, 6) is 0.112. The maximum absolute atomic E-state index is 9.69. The molecule has 2 nitrogen and oxygen atoms in total. The molecule has 0 unspecified atom stereocenters. The lowest BCUT2D eigenvalue weighted by Crippen LogP contribution is -1.77. The Morgan fingerprint density at radius 2 is 1.65 bits per heavy atom. The second kappa shape index (κ2) is 5.10. The van der Waals surface area contributed by atoms with Gasteiger partial charge in [0.1, 0.15) is 11.5 Å². The molecule has 0 spiro atoms. The molecule has 0 aromatic heterocycles. The molecule has 0 fully saturated rings. The monoisotopic (exact) mass is 261 g/mol. The van der Waals surface area contributed by atoms with Crippen LogP contribution in [-0.2, 0) is 0 Å². The van der Waals surface area contributed by atoms with Crippen LogP contribution in [0, 0.1) is 6.07 Å². The Balaban J connectivity index is 1.96. The summed E-state index contributed by atoms with van der Waals surface area (Å²) in [4.78, 5) is 0. The van der Waals surface area contributed by atoms with E-state index in [9.17, 15) is 10.2 Å². The summed E-state index contributed by atoms with van der Waals surface area (Å²) in [5.41, 5.74) is 1.60. The third kappa shape index (κ3) is 2.50. The van der Waals surface area contributed by atoms with Gasteiger partial charge in [-0.15, -0.1) is 0 Å². The fourth-order valence-electron chi connectivity index (χ4n) is 2.12. The first-order chi connectivity index (χ1) is 9.72. The highest BCUT2D eigenvalue weighted by molar-refractivity contribution is 5.86. The number of hydrogen-bond donors (Lipinski definition) is 2. The van der Waals surface area contributed by atoms with Crippen LogP contribution < -0.4 is 0 Å². The predicted octanol–water partition coefficient (Wildman–Crippen LogP) is 4.22. The molecule has 97 valence electrons. The van der Waals surface area contributed by atoms with E-state index in [1.165, 1.54) is 22.9 Å². The second-order valence-electron chi connectivity index (χ2n) is 4.60. The summed E-state index contributed by atoms with van der Waals surface area (Å²) in [6.07, 6.45) is 3.67. The van der Waals surface area contributed by atoms with Gasteiger partial charge in [0.25, 0.3) is 0 Å². The van der Waals surface area contributed by atoms with E-state index in [-0.39, 0.29) is 11.5 Å². The number of hydrogen-bond acceptors (Lipinski definition) is 2. The molecule has 0 saturated carbocycles. The molecule has 20 heavy (non-hydrogen) atoms. The van der Waals surface area contributed by atoms with Crippen molar-refractivity contribution < 1.29 is 10.2 Å². The van der Waals surface area contributed by atoms with Gasteiger partial charge in [-0.1, -0.05) is 48.6 Å². The molecule has 3 aromatic carbocycles. The van der Waals surface area contributed by atoms with Crippen molar-refractivity contribution in [2.45, 2.75) is 0 Å². The van der Waals surface area contributed by atoms with Crippen LogP contribution in [0.3, 0.4) is 0 Å². The van der Waals surface area contributed by atoms with E-state index in [1.807, 2.05) is 24.3 Å². The first kappa shape index (κ1) is 12.3. The van der Waals surface area contributed by atoms with Crippen LogP contribution in [0.25, 0.3) is 22.9 Å². The van der Waals surface area contributed by atoms with Gasteiger partial charge in [-0.25, -0.2) is 0 Å². The number of phenolic OH excluding ortho intramolecular Hbond substituents is 2. The maximum Gasteiger partial charge on any atom is 0.124 e. The highest BCUT2D eigenvalue weighted by atomic mass is 16.3. The SMILES string of the molecule is Oc1[c]cc(O)c(C=Cc2ccc3ccccc3c2)c1. The van der Waals surface area contributed by atoms with Gasteiger partial charge in [-0.05, 0) is 34.5 Å². The standard InChI is InChI=1S/C18H13O2/c19-17-9-10-18(20)16(12-17)8-6-13-5-7-14-3-1-2-4-15(14)11-13/h1-8,10-12,19-20H.